The number of hydrogen-bond donors (Lipinski definition) is 3. The Balaban J connectivity index is 1.39. The van der Waals surface area contributed by atoms with Crippen molar-refractivity contribution in [2.45, 2.75) is 19.4 Å². The highest BCUT2D eigenvalue weighted by atomic mass is 16.3. The van der Waals surface area contributed by atoms with Crippen molar-refractivity contribution >= 4 is 23.4 Å². The SMILES string of the molecule is O=C(CCCNC(=O)c1ccco1)NCc1cccc(C(=O)Nc2ccccc2)c1. The van der Waals surface area contributed by atoms with Crippen LogP contribution in [0.1, 0.15) is 39.3 Å². The van der Waals surface area contributed by atoms with Crippen molar-refractivity contribution in [2.75, 3.05) is 11.9 Å². The lowest BCUT2D eigenvalue weighted by Crippen LogP contribution is -2.27. The zero-order chi connectivity index (χ0) is 21.2. The lowest BCUT2D eigenvalue weighted by atomic mass is 10.1. The molecule has 7 nitrogen and oxygen atoms in total. The minimum absolute atomic E-state index is 0.124. The van der Waals surface area contributed by atoms with E-state index in [0.717, 1.165) is 11.3 Å². The molecule has 0 aliphatic heterocycles. The Kier molecular flexibility index (Phi) is 7.38. The number of furan rings is 1. The molecule has 0 spiro atoms. The number of amides is 3. The monoisotopic (exact) mass is 405 g/mol. The van der Waals surface area contributed by atoms with E-state index in [9.17, 15) is 14.4 Å². The van der Waals surface area contributed by atoms with Crippen molar-refractivity contribution < 1.29 is 18.8 Å². The fourth-order valence-electron chi connectivity index (χ4n) is 2.78. The third kappa shape index (κ3) is 6.34. The topological polar surface area (TPSA) is 100 Å². The van der Waals surface area contributed by atoms with E-state index in [1.54, 1.807) is 30.3 Å². The molecule has 154 valence electrons. The van der Waals surface area contributed by atoms with Crippen LogP contribution in [-0.2, 0) is 11.3 Å². The first-order valence-corrected chi connectivity index (χ1v) is 9.65. The molecule has 7 heteroatoms. The number of benzene rings is 2. The van der Waals surface area contributed by atoms with Gasteiger partial charge < -0.3 is 20.4 Å². The molecule has 0 saturated carbocycles. The Labute approximate surface area is 174 Å². The summed E-state index contributed by atoms with van der Waals surface area (Å²) in [5.41, 5.74) is 2.07. The molecule has 0 unspecified atom stereocenters. The van der Waals surface area contributed by atoms with Gasteiger partial charge in [-0.15, -0.1) is 0 Å². The van der Waals surface area contributed by atoms with Crippen LogP contribution in [0.15, 0.2) is 77.4 Å². The molecule has 0 aliphatic rings. The van der Waals surface area contributed by atoms with Crippen molar-refractivity contribution in [2.24, 2.45) is 0 Å². The quantitative estimate of drug-likeness (QED) is 0.475. The average molecular weight is 405 g/mol. The molecule has 1 heterocycles. The normalized spacial score (nSPS) is 10.3. The predicted octanol–water partition coefficient (Wildman–Crippen LogP) is 3.36. The van der Waals surface area contributed by atoms with Crippen LogP contribution in [0.5, 0.6) is 0 Å². The van der Waals surface area contributed by atoms with E-state index in [1.165, 1.54) is 6.26 Å². The molecule has 3 N–H and O–H groups in total. The summed E-state index contributed by atoms with van der Waals surface area (Å²) >= 11 is 0. The number of nitrogens with one attached hydrogen (secondary N) is 3. The molecule has 1 aromatic heterocycles. The second-order valence-electron chi connectivity index (χ2n) is 6.63. The maximum atomic E-state index is 12.4. The lowest BCUT2D eigenvalue weighted by molar-refractivity contribution is -0.121. The smallest absolute Gasteiger partial charge is 0.286 e. The van der Waals surface area contributed by atoms with E-state index in [-0.39, 0.29) is 29.9 Å². The summed E-state index contributed by atoms with van der Waals surface area (Å²) in [6, 6.07) is 19.6. The van der Waals surface area contributed by atoms with Gasteiger partial charge in [-0.05, 0) is 48.4 Å². The first-order valence-electron chi connectivity index (χ1n) is 9.65. The molecule has 0 radical (unpaired) electrons. The molecule has 30 heavy (non-hydrogen) atoms. The van der Waals surface area contributed by atoms with Gasteiger partial charge in [0.15, 0.2) is 5.76 Å². The van der Waals surface area contributed by atoms with E-state index < -0.39 is 0 Å². The summed E-state index contributed by atoms with van der Waals surface area (Å²) in [5, 5.41) is 8.36. The molecule has 0 atom stereocenters. The zero-order valence-corrected chi connectivity index (χ0v) is 16.4. The van der Waals surface area contributed by atoms with Crippen LogP contribution >= 0.6 is 0 Å². The van der Waals surface area contributed by atoms with Gasteiger partial charge in [-0.1, -0.05) is 30.3 Å². The number of carbonyl (C=O) groups is 3. The van der Waals surface area contributed by atoms with E-state index >= 15 is 0 Å². The van der Waals surface area contributed by atoms with Gasteiger partial charge in [0.05, 0.1) is 6.26 Å². The van der Waals surface area contributed by atoms with Gasteiger partial charge in [0.2, 0.25) is 5.91 Å². The highest BCUT2D eigenvalue weighted by molar-refractivity contribution is 6.04. The number of carbonyl (C=O) groups excluding carboxylic acids is 3. The van der Waals surface area contributed by atoms with Crippen LogP contribution < -0.4 is 16.0 Å². The molecular formula is C23H23N3O4. The molecule has 0 aliphatic carbocycles. The van der Waals surface area contributed by atoms with Crippen LogP contribution in [0.4, 0.5) is 5.69 Å². The largest absolute Gasteiger partial charge is 0.459 e. The van der Waals surface area contributed by atoms with Crippen molar-refractivity contribution in [3.63, 3.8) is 0 Å². The van der Waals surface area contributed by atoms with E-state index in [0.29, 0.717) is 25.1 Å². The molecular weight excluding hydrogens is 382 g/mol. The van der Waals surface area contributed by atoms with Gasteiger partial charge in [0.25, 0.3) is 11.8 Å². The Morgan fingerprint density at radius 2 is 1.67 bits per heavy atom. The van der Waals surface area contributed by atoms with Crippen molar-refractivity contribution in [3.8, 4) is 0 Å². The second kappa shape index (κ2) is 10.6. The Bertz CT molecular complexity index is 985. The summed E-state index contributed by atoms with van der Waals surface area (Å²) in [6.45, 7) is 0.701. The molecule has 3 amide bonds. The van der Waals surface area contributed by atoms with Crippen LogP contribution in [0.2, 0.25) is 0 Å². The van der Waals surface area contributed by atoms with Crippen LogP contribution in [0.25, 0.3) is 0 Å². The summed E-state index contributed by atoms with van der Waals surface area (Å²) in [4.78, 5) is 36.1. The summed E-state index contributed by atoms with van der Waals surface area (Å²) < 4.78 is 5.00. The highest BCUT2D eigenvalue weighted by Gasteiger charge is 2.09. The van der Waals surface area contributed by atoms with Crippen LogP contribution in [-0.4, -0.2) is 24.3 Å². The fourth-order valence-corrected chi connectivity index (χ4v) is 2.78. The van der Waals surface area contributed by atoms with Crippen molar-refractivity contribution in [1.82, 2.24) is 10.6 Å². The average Bonchev–Trinajstić information content (AvgIpc) is 3.31. The van der Waals surface area contributed by atoms with Gasteiger partial charge in [-0.3, -0.25) is 14.4 Å². The Hall–Kier alpha value is -3.87. The fraction of sp³-hybridized carbons (Fsp3) is 0.174. The first-order chi connectivity index (χ1) is 14.6. The standard InChI is InChI=1S/C23H23N3O4/c27-21(12-5-13-24-23(29)20-11-6-14-30-20)25-16-17-7-4-8-18(15-17)22(28)26-19-9-2-1-3-10-19/h1-4,6-11,14-15H,5,12-13,16H2,(H,24,29)(H,25,27)(H,26,28). The van der Waals surface area contributed by atoms with Gasteiger partial charge >= 0.3 is 0 Å². The molecule has 0 fully saturated rings. The molecule has 3 rings (SSSR count). The highest BCUT2D eigenvalue weighted by Crippen LogP contribution is 2.10. The van der Waals surface area contributed by atoms with Crippen LogP contribution in [0.3, 0.4) is 0 Å². The summed E-state index contributed by atoms with van der Waals surface area (Å²) in [5.74, 6) is -0.385. The first kappa shape index (κ1) is 20.9. The van der Waals surface area contributed by atoms with Gasteiger partial charge in [-0.25, -0.2) is 0 Å². The van der Waals surface area contributed by atoms with Crippen molar-refractivity contribution in [1.29, 1.82) is 0 Å². The second-order valence-corrected chi connectivity index (χ2v) is 6.63. The van der Waals surface area contributed by atoms with E-state index in [2.05, 4.69) is 16.0 Å². The van der Waals surface area contributed by atoms with E-state index in [4.69, 9.17) is 4.42 Å². The van der Waals surface area contributed by atoms with Gasteiger partial charge in [-0.2, -0.15) is 0 Å². The van der Waals surface area contributed by atoms with Crippen LogP contribution in [0, 0.1) is 0 Å². The lowest BCUT2D eigenvalue weighted by Gasteiger charge is -2.09. The molecule has 0 bridgehead atoms. The zero-order valence-electron chi connectivity index (χ0n) is 16.4. The predicted molar refractivity (Wildman–Crippen MR) is 113 cm³/mol. The Morgan fingerprint density at radius 1 is 0.833 bits per heavy atom. The number of rotatable bonds is 9. The van der Waals surface area contributed by atoms with Gasteiger partial charge in [0.1, 0.15) is 0 Å². The maximum absolute atomic E-state index is 12.4. The summed E-state index contributed by atoms with van der Waals surface area (Å²) in [7, 11) is 0. The summed E-state index contributed by atoms with van der Waals surface area (Å²) in [6.07, 6.45) is 2.23. The maximum Gasteiger partial charge on any atom is 0.286 e. The third-order valence-corrected chi connectivity index (χ3v) is 4.32. The number of hydrogen-bond acceptors (Lipinski definition) is 4. The van der Waals surface area contributed by atoms with E-state index in [1.807, 2.05) is 36.4 Å². The number of para-hydroxylation sites is 1. The van der Waals surface area contributed by atoms with Crippen molar-refractivity contribution in [3.05, 3.63) is 89.9 Å². The molecule has 3 aromatic rings. The third-order valence-electron chi connectivity index (χ3n) is 4.32. The molecule has 0 saturated heterocycles. The van der Waals surface area contributed by atoms with Gasteiger partial charge in [0, 0.05) is 30.8 Å². The molecule has 2 aromatic carbocycles. The minimum atomic E-state index is -0.300. The minimum Gasteiger partial charge on any atom is -0.459 e. The number of anilines is 1. The Morgan fingerprint density at radius 3 is 2.43 bits per heavy atom.